The van der Waals surface area contributed by atoms with E-state index in [-0.39, 0.29) is 0 Å². The van der Waals surface area contributed by atoms with Crippen LogP contribution in [-0.2, 0) is 0 Å². The Kier molecular flexibility index (Phi) is 3.22. The van der Waals surface area contributed by atoms with Gasteiger partial charge in [-0.1, -0.05) is 102 Å². The van der Waals surface area contributed by atoms with E-state index in [1.807, 2.05) is 0 Å². The minimum Gasteiger partial charge on any atom is -0.0797 e. The third-order valence-corrected chi connectivity index (χ3v) is 8.95. The van der Waals surface area contributed by atoms with Crippen molar-refractivity contribution in [2.24, 2.45) is 0 Å². The van der Waals surface area contributed by atoms with E-state index in [9.17, 15) is 0 Å². The molecule has 0 aliphatic heterocycles. The Morgan fingerprint density at radius 1 is 0.684 bits per heavy atom. The first-order valence-corrected chi connectivity index (χ1v) is 9.35. The Morgan fingerprint density at radius 2 is 1.11 bits per heavy atom. The molecule has 2 aromatic rings. The zero-order valence-electron chi connectivity index (χ0n) is 11.2. The molecule has 94 valence electrons. The van der Waals surface area contributed by atoms with E-state index in [0.29, 0.717) is 5.54 Å². The predicted octanol–water partition coefficient (Wildman–Crippen LogP) is 3.38. The largest absolute Gasteiger partial charge is 0.125 e. The summed E-state index contributed by atoms with van der Waals surface area (Å²) in [5.74, 6) is 0. The lowest BCUT2D eigenvalue weighted by atomic mass is 10.4. The number of hydrogen-bond acceptors (Lipinski definition) is 0. The van der Waals surface area contributed by atoms with Gasteiger partial charge in [-0.25, -0.2) is 0 Å². The molecule has 2 aromatic carbocycles. The van der Waals surface area contributed by atoms with Crippen LogP contribution in [0.2, 0.25) is 12.1 Å². The third kappa shape index (κ3) is 2.11. The van der Waals surface area contributed by atoms with Crippen LogP contribution in [0.15, 0.2) is 85.0 Å². The molecule has 1 heteroatoms. The van der Waals surface area contributed by atoms with Gasteiger partial charge in [0.05, 0.1) is 0 Å². The molecule has 0 saturated heterocycles. The van der Waals surface area contributed by atoms with Gasteiger partial charge < -0.3 is 0 Å². The second kappa shape index (κ2) is 5.02. The molecule has 0 fully saturated rings. The van der Waals surface area contributed by atoms with E-state index in [4.69, 9.17) is 0 Å². The Morgan fingerprint density at radius 3 is 1.53 bits per heavy atom. The Bertz CT molecular complexity index is 545. The summed E-state index contributed by atoms with van der Waals surface area (Å²) < 4.78 is 0. The molecule has 1 aliphatic rings. The highest BCUT2D eigenvalue weighted by Gasteiger charge is 2.38. The maximum absolute atomic E-state index is 2.47. The van der Waals surface area contributed by atoms with Gasteiger partial charge in [0.1, 0.15) is 8.07 Å². The molecular formula is C18H18Si. The number of allylic oxidation sites excluding steroid dienone is 4. The number of hydrogen-bond donors (Lipinski definition) is 0. The van der Waals surface area contributed by atoms with Crippen molar-refractivity contribution < 1.29 is 0 Å². The summed E-state index contributed by atoms with van der Waals surface area (Å²) in [6.45, 7) is 2.47. The van der Waals surface area contributed by atoms with Crippen molar-refractivity contribution in [2.45, 2.75) is 12.1 Å². The van der Waals surface area contributed by atoms with Crippen molar-refractivity contribution in [3.8, 4) is 0 Å². The lowest BCUT2D eigenvalue weighted by Crippen LogP contribution is -2.58. The van der Waals surface area contributed by atoms with Crippen LogP contribution in [0.25, 0.3) is 0 Å². The van der Waals surface area contributed by atoms with Crippen molar-refractivity contribution in [1.29, 1.82) is 0 Å². The van der Waals surface area contributed by atoms with E-state index in [2.05, 4.69) is 91.5 Å². The first-order valence-electron chi connectivity index (χ1n) is 6.78. The molecule has 1 aliphatic carbocycles. The normalized spacial score (nSPS) is 15.0. The second-order valence-electron chi connectivity index (χ2n) is 5.23. The van der Waals surface area contributed by atoms with Crippen LogP contribution in [0, 0.1) is 0 Å². The minimum absolute atomic E-state index is 0.553. The van der Waals surface area contributed by atoms with Crippen LogP contribution in [0.4, 0.5) is 0 Å². The number of benzene rings is 2. The zero-order valence-corrected chi connectivity index (χ0v) is 12.2. The van der Waals surface area contributed by atoms with Gasteiger partial charge in [-0.15, -0.1) is 0 Å². The summed E-state index contributed by atoms with van der Waals surface area (Å²) in [6, 6.07) is 22.0. The Labute approximate surface area is 116 Å². The highest BCUT2D eigenvalue weighted by molar-refractivity contribution is 7.03. The Hall–Kier alpha value is -1.86. The third-order valence-electron chi connectivity index (χ3n) is 4.16. The van der Waals surface area contributed by atoms with Gasteiger partial charge in [-0.2, -0.15) is 0 Å². The van der Waals surface area contributed by atoms with Crippen LogP contribution >= 0.6 is 0 Å². The van der Waals surface area contributed by atoms with Gasteiger partial charge in [0.15, 0.2) is 0 Å². The monoisotopic (exact) mass is 262 g/mol. The van der Waals surface area contributed by atoms with E-state index in [1.165, 1.54) is 10.4 Å². The fourth-order valence-corrected chi connectivity index (χ4v) is 6.80. The molecule has 19 heavy (non-hydrogen) atoms. The van der Waals surface area contributed by atoms with E-state index >= 15 is 0 Å². The molecule has 0 spiro atoms. The molecule has 0 N–H and O–H groups in total. The quantitative estimate of drug-likeness (QED) is 0.744. The molecule has 0 saturated carbocycles. The van der Waals surface area contributed by atoms with E-state index in [1.54, 1.807) is 0 Å². The van der Waals surface area contributed by atoms with E-state index < -0.39 is 8.07 Å². The summed E-state index contributed by atoms with van der Waals surface area (Å²) in [5.41, 5.74) is 0.553. The molecule has 0 unspecified atom stereocenters. The summed E-state index contributed by atoms with van der Waals surface area (Å²) in [4.78, 5) is 0. The molecule has 0 bridgehead atoms. The van der Waals surface area contributed by atoms with Gasteiger partial charge in [-0.3, -0.25) is 0 Å². The average Bonchev–Trinajstić information content (AvgIpc) is 3.03. The lowest BCUT2D eigenvalue weighted by Gasteiger charge is -2.33. The SMILES string of the molecule is C[Si](c1ccccc1)(c1ccccc1)C1C=CC=C1. The van der Waals surface area contributed by atoms with Crippen LogP contribution < -0.4 is 10.4 Å². The Balaban J connectivity index is 2.16. The fourth-order valence-electron chi connectivity index (χ4n) is 2.94. The van der Waals surface area contributed by atoms with Crippen LogP contribution in [-0.4, -0.2) is 8.07 Å². The predicted molar refractivity (Wildman–Crippen MR) is 85.8 cm³/mol. The molecule has 0 heterocycles. The lowest BCUT2D eigenvalue weighted by molar-refractivity contribution is 1.33. The van der Waals surface area contributed by atoms with Crippen molar-refractivity contribution in [2.75, 3.05) is 0 Å². The van der Waals surface area contributed by atoms with Crippen molar-refractivity contribution in [1.82, 2.24) is 0 Å². The number of rotatable bonds is 3. The first kappa shape index (κ1) is 12.2. The topological polar surface area (TPSA) is 0 Å². The standard InChI is InChI=1S/C18H18Si/c1-19(18-14-8-9-15-18,16-10-4-2-5-11-16)17-12-6-3-7-13-17/h2-15,18H,1H3. The highest BCUT2D eigenvalue weighted by atomic mass is 28.3. The van der Waals surface area contributed by atoms with Crippen LogP contribution in [0.5, 0.6) is 0 Å². The highest BCUT2D eigenvalue weighted by Crippen LogP contribution is 2.28. The van der Waals surface area contributed by atoms with Crippen LogP contribution in [0.3, 0.4) is 0 Å². The molecule has 0 nitrogen and oxygen atoms in total. The summed E-state index contributed by atoms with van der Waals surface area (Å²) in [6.07, 6.45) is 9.07. The second-order valence-corrected chi connectivity index (χ2v) is 9.46. The average molecular weight is 262 g/mol. The molecule has 0 radical (unpaired) electrons. The molecule has 0 atom stereocenters. The van der Waals surface area contributed by atoms with Crippen molar-refractivity contribution >= 4 is 18.4 Å². The maximum Gasteiger partial charge on any atom is 0.125 e. The van der Waals surface area contributed by atoms with Gasteiger partial charge in [0, 0.05) is 0 Å². The van der Waals surface area contributed by atoms with Crippen LogP contribution in [0.1, 0.15) is 0 Å². The van der Waals surface area contributed by atoms with Gasteiger partial charge in [0.2, 0.25) is 0 Å². The van der Waals surface area contributed by atoms with Crippen molar-refractivity contribution in [3.05, 3.63) is 85.0 Å². The van der Waals surface area contributed by atoms with Gasteiger partial charge in [-0.05, 0) is 5.54 Å². The van der Waals surface area contributed by atoms with Gasteiger partial charge >= 0.3 is 0 Å². The molecule has 0 amide bonds. The zero-order chi connectivity index (χ0) is 13.1. The maximum atomic E-state index is 2.47. The molecular weight excluding hydrogens is 244 g/mol. The smallest absolute Gasteiger partial charge is 0.0797 e. The van der Waals surface area contributed by atoms with E-state index in [0.717, 1.165) is 0 Å². The fraction of sp³-hybridized carbons (Fsp3) is 0.111. The molecule has 3 rings (SSSR count). The molecule has 0 aromatic heterocycles. The van der Waals surface area contributed by atoms with Crippen molar-refractivity contribution in [3.63, 3.8) is 0 Å². The summed E-state index contributed by atoms with van der Waals surface area (Å²) in [5, 5.41) is 3.00. The minimum atomic E-state index is -1.74. The summed E-state index contributed by atoms with van der Waals surface area (Å²) >= 11 is 0. The first-order chi connectivity index (χ1) is 9.32. The summed E-state index contributed by atoms with van der Waals surface area (Å²) in [7, 11) is -1.74. The van der Waals surface area contributed by atoms with Gasteiger partial charge in [0.25, 0.3) is 0 Å².